The molecule has 0 aliphatic carbocycles. The minimum Gasteiger partial charge on any atom is -0.435 e. The first kappa shape index (κ1) is 17.4. The summed E-state index contributed by atoms with van der Waals surface area (Å²) in [5, 5.41) is 12.7. The van der Waals surface area contributed by atoms with Gasteiger partial charge in [-0.15, -0.1) is 0 Å². The Morgan fingerprint density at radius 1 is 1.04 bits per heavy atom. The minimum atomic E-state index is -2.83. The largest absolute Gasteiger partial charge is 0.435 e. The maximum Gasteiger partial charge on any atom is 0.387 e. The summed E-state index contributed by atoms with van der Waals surface area (Å²) >= 11 is 0. The quantitative estimate of drug-likeness (QED) is 0.770. The molecular weight excluding hydrogens is 300 g/mol. The van der Waals surface area contributed by atoms with Gasteiger partial charge in [-0.2, -0.15) is 8.78 Å². The molecule has 2 rings (SSSR count). The number of benzene rings is 2. The van der Waals surface area contributed by atoms with Crippen LogP contribution in [0.4, 0.5) is 8.78 Å². The molecule has 0 amide bonds. The average molecular weight is 321 g/mol. The summed E-state index contributed by atoms with van der Waals surface area (Å²) in [4.78, 5) is 0. The van der Waals surface area contributed by atoms with E-state index in [2.05, 4.69) is 10.1 Å². The second-order valence-corrected chi connectivity index (χ2v) is 5.31. The van der Waals surface area contributed by atoms with E-state index in [1.807, 2.05) is 43.3 Å². The van der Waals surface area contributed by atoms with Crippen molar-refractivity contribution in [2.75, 3.05) is 6.61 Å². The van der Waals surface area contributed by atoms with Crippen LogP contribution in [-0.2, 0) is 0 Å². The molecule has 0 aliphatic rings. The lowest BCUT2D eigenvalue weighted by molar-refractivity contribution is -0.0499. The molecule has 1 unspecified atom stereocenters. The molecule has 0 saturated carbocycles. The molecule has 0 saturated heterocycles. The second kappa shape index (κ2) is 8.60. The molecule has 2 aromatic rings. The lowest BCUT2D eigenvalue weighted by Gasteiger charge is -2.24. The van der Waals surface area contributed by atoms with Gasteiger partial charge < -0.3 is 15.2 Å². The van der Waals surface area contributed by atoms with Gasteiger partial charge >= 0.3 is 6.61 Å². The van der Waals surface area contributed by atoms with E-state index in [0.717, 1.165) is 11.1 Å². The molecule has 2 N–H and O–H groups in total. The Balaban J connectivity index is 2.11. The number of aliphatic hydroxyl groups excluding tert-OH is 1. The fourth-order valence-electron chi connectivity index (χ4n) is 2.52. The third-order valence-electron chi connectivity index (χ3n) is 3.65. The van der Waals surface area contributed by atoms with E-state index in [4.69, 9.17) is 0 Å². The van der Waals surface area contributed by atoms with Crippen molar-refractivity contribution in [2.24, 2.45) is 0 Å². The number of hydrogen-bond donors (Lipinski definition) is 2. The summed E-state index contributed by atoms with van der Waals surface area (Å²) in [6, 6.07) is 16.4. The summed E-state index contributed by atoms with van der Waals surface area (Å²) < 4.78 is 29.1. The SMILES string of the molecule is CC(N[C@H](CCO)c1ccccc1)c1cccc(OC(F)F)c1. The van der Waals surface area contributed by atoms with Gasteiger partial charge in [-0.1, -0.05) is 42.5 Å². The standard InChI is InChI=1S/C18H21F2NO2/c1-13(15-8-5-9-16(12-15)23-18(19)20)21-17(10-11-22)14-6-3-2-4-7-14/h2-9,12-13,17-18,21-22H,10-11H2,1H3/t13?,17-/m1/s1. The molecule has 124 valence electrons. The predicted octanol–water partition coefficient (Wildman–Crippen LogP) is 4.06. The number of hydrogen-bond acceptors (Lipinski definition) is 3. The minimum absolute atomic E-state index is 0.0177. The van der Waals surface area contributed by atoms with E-state index in [-0.39, 0.29) is 24.4 Å². The average Bonchev–Trinajstić information content (AvgIpc) is 2.55. The summed E-state index contributed by atoms with van der Waals surface area (Å²) in [6.07, 6.45) is 0.571. The molecule has 0 heterocycles. The van der Waals surface area contributed by atoms with Gasteiger partial charge in [-0.05, 0) is 36.6 Å². The first-order chi connectivity index (χ1) is 11.1. The monoisotopic (exact) mass is 321 g/mol. The van der Waals surface area contributed by atoms with Crippen LogP contribution in [0.15, 0.2) is 54.6 Å². The molecule has 0 fully saturated rings. The molecule has 2 aromatic carbocycles. The van der Waals surface area contributed by atoms with Crippen LogP contribution >= 0.6 is 0 Å². The van der Waals surface area contributed by atoms with Gasteiger partial charge in [0, 0.05) is 18.7 Å². The molecule has 0 radical (unpaired) electrons. The van der Waals surface area contributed by atoms with Crippen molar-refractivity contribution in [2.45, 2.75) is 32.0 Å². The van der Waals surface area contributed by atoms with Crippen LogP contribution in [0.2, 0.25) is 0 Å². The lowest BCUT2D eigenvalue weighted by atomic mass is 10.0. The van der Waals surface area contributed by atoms with Crippen molar-refractivity contribution in [1.82, 2.24) is 5.32 Å². The second-order valence-electron chi connectivity index (χ2n) is 5.31. The van der Waals surface area contributed by atoms with Gasteiger partial charge in [-0.3, -0.25) is 0 Å². The van der Waals surface area contributed by atoms with Gasteiger partial charge in [0.25, 0.3) is 0 Å². The Kier molecular flexibility index (Phi) is 6.50. The zero-order chi connectivity index (χ0) is 16.7. The molecule has 5 heteroatoms. The highest BCUT2D eigenvalue weighted by Crippen LogP contribution is 2.25. The van der Waals surface area contributed by atoms with Crippen molar-refractivity contribution >= 4 is 0 Å². The Labute approximate surface area is 134 Å². The van der Waals surface area contributed by atoms with Crippen molar-refractivity contribution in [3.8, 4) is 5.75 Å². The topological polar surface area (TPSA) is 41.5 Å². The van der Waals surface area contributed by atoms with Gasteiger partial charge in [0.15, 0.2) is 0 Å². The number of aliphatic hydroxyl groups is 1. The van der Waals surface area contributed by atoms with Crippen molar-refractivity contribution in [3.05, 3.63) is 65.7 Å². The highest BCUT2D eigenvalue weighted by atomic mass is 19.3. The first-order valence-electron chi connectivity index (χ1n) is 7.56. The summed E-state index contributed by atoms with van der Waals surface area (Å²) in [5.74, 6) is 0.143. The van der Waals surface area contributed by atoms with Crippen LogP contribution < -0.4 is 10.1 Å². The first-order valence-corrected chi connectivity index (χ1v) is 7.56. The van der Waals surface area contributed by atoms with Gasteiger partial charge in [0.05, 0.1) is 0 Å². The Morgan fingerprint density at radius 3 is 2.39 bits per heavy atom. The molecule has 0 spiro atoms. The molecule has 2 atom stereocenters. The maximum atomic E-state index is 12.3. The summed E-state index contributed by atoms with van der Waals surface area (Å²) in [7, 11) is 0. The number of alkyl halides is 2. The van der Waals surface area contributed by atoms with Gasteiger partial charge in [-0.25, -0.2) is 0 Å². The lowest BCUT2D eigenvalue weighted by Crippen LogP contribution is -2.25. The van der Waals surface area contributed by atoms with E-state index < -0.39 is 6.61 Å². The predicted molar refractivity (Wildman–Crippen MR) is 85.5 cm³/mol. The van der Waals surface area contributed by atoms with E-state index in [1.54, 1.807) is 12.1 Å². The summed E-state index contributed by atoms with van der Waals surface area (Å²) in [5.41, 5.74) is 1.93. The Bertz CT molecular complexity index is 593. The number of ether oxygens (including phenoxy) is 1. The normalized spacial score (nSPS) is 13.8. The van der Waals surface area contributed by atoms with Crippen molar-refractivity contribution in [3.63, 3.8) is 0 Å². The molecular formula is C18H21F2NO2. The third kappa shape index (κ3) is 5.30. The van der Waals surface area contributed by atoms with Crippen LogP contribution in [0, 0.1) is 0 Å². The molecule has 0 aliphatic heterocycles. The molecule has 23 heavy (non-hydrogen) atoms. The molecule has 3 nitrogen and oxygen atoms in total. The van der Waals surface area contributed by atoms with Crippen molar-refractivity contribution in [1.29, 1.82) is 0 Å². The van der Waals surface area contributed by atoms with Crippen molar-refractivity contribution < 1.29 is 18.6 Å². The molecule has 0 aromatic heterocycles. The van der Waals surface area contributed by atoms with Crippen LogP contribution in [0.25, 0.3) is 0 Å². The zero-order valence-electron chi connectivity index (χ0n) is 13.0. The fourth-order valence-corrected chi connectivity index (χ4v) is 2.52. The number of nitrogens with one attached hydrogen (secondary N) is 1. The van der Waals surface area contributed by atoms with Gasteiger partial charge in [0.2, 0.25) is 0 Å². The van der Waals surface area contributed by atoms with Crippen LogP contribution in [0.5, 0.6) is 5.75 Å². The Morgan fingerprint density at radius 2 is 1.74 bits per heavy atom. The smallest absolute Gasteiger partial charge is 0.387 e. The fraction of sp³-hybridized carbons (Fsp3) is 0.333. The van der Waals surface area contributed by atoms with E-state index >= 15 is 0 Å². The third-order valence-corrected chi connectivity index (χ3v) is 3.65. The van der Waals surface area contributed by atoms with Crippen LogP contribution in [0.1, 0.15) is 36.6 Å². The van der Waals surface area contributed by atoms with E-state index in [0.29, 0.717) is 6.42 Å². The molecule has 0 bridgehead atoms. The maximum absolute atomic E-state index is 12.3. The van der Waals surface area contributed by atoms with Gasteiger partial charge in [0.1, 0.15) is 5.75 Å². The Hall–Kier alpha value is -1.98. The number of halogens is 2. The van der Waals surface area contributed by atoms with E-state index in [9.17, 15) is 13.9 Å². The zero-order valence-corrected chi connectivity index (χ0v) is 13.0. The van der Waals surface area contributed by atoms with Crippen LogP contribution in [0.3, 0.4) is 0 Å². The highest BCUT2D eigenvalue weighted by molar-refractivity contribution is 5.31. The summed E-state index contributed by atoms with van der Waals surface area (Å²) in [6.45, 7) is -0.817. The highest BCUT2D eigenvalue weighted by Gasteiger charge is 2.15. The van der Waals surface area contributed by atoms with E-state index in [1.165, 1.54) is 6.07 Å². The number of rotatable bonds is 8. The van der Waals surface area contributed by atoms with Crippen LogP contribution in [-0.4, -0.2) is 18.3 Å².